The molecule has 0 fully saturated rings. The van der Waals surface area contributed by atoms with Crippen molar-refractivity contribution in [2.45, 2.75) is 12.8 Å². The monoisotopic (exact) mass is 237 g/mol. The number of rotatable bonds is 4. The van der Waals surface area contributed by atoms with Gasteiger partial charge in [0.15, 0.2) is 11.6 Å². The Labute approximate surface area is 93.8 Å². The average molecular weight is 238 g/mol. The molecule has 0 amide bonds. The summed E-state index contributed by atoms with van der Waals surface area (Å²) in [6.07, 6.45) is 1.20. The van der Waals surface area contributed by atoms with Crippen molar-refractivity contribution >= 4 is 12.4 Å². The second-order valence-corrected chi connectivity index (χ2v) is 2.97. The minimum atomic E-state index is -0.667. The zero-order chi connectivity index (χ0) is 10.6. The number of hydrogen-bond donors (Lipinski definition) is 1. The second kappa shape index (κ2) is 6.58. The van der Waals surface area contributed by atoms with Crippen LogP contribution in [0.1, 0.15) is 12.0 Å². The summed E-state index contributed by atoms with van der Waals surface area (Å²) >= 11 is 0. The molecule has 15 heavy (non-hydrogen) atoms. The number of ether oxygens (including phenoxy) is 1. The molecule has 0 heterocycles. The molecule has 2 nitrogen and oxygen atoms in total. The van der Waals surface area contributed by atoms with Crippen molar-refractivity contribution in [2.24, 2.45) is 5.73 Å². The van der Waals surface area contributed by atoms with Crippen LogP contribution in [0.2, 0.25) is 0 Å². The Morgan fingerprint density at radius 2 is 2.00 bits per heavy atom. The van der Waals surface area contributed by atoms with Gasteiger partial charge >= 0.3 is 0 Å². The van der Waals surface area contributed by atoms with Crippen molar-refractivity contribution in [1.82, 2.24) is 0 Å². The van der Waals surface area contributed by atoms with E-state index in [1.165, 1.54) is 13.2 Å². The van der Waals surface area contributed by atoms with E-state index < -0.39 is 11.6 Å². The summed E-state index contributed by atoms with van der Waals surface area (Å²) in [5.74, 6) is -1.14. The van der Waals surface area contributed by atoms with Crippen molar-refractivity contribution in [3.05, 3.63) is 29.3 Å². The predicted octanol–water partition coefficient (Wildman–Crippen LogP) is 2.29. The van der Waals surface area contributed by atoms with Crippen LogP contribution in [0.3, 0.4) is 0 Å². The highest BCUT2D eigenvalue weighted by Gasteiger charge is 2.10. The van der Waals surface area contributed by atoms with Crippen LogP contribution < -0.4 is 10.5 Å². The molecule has 86 valence electrons. The summed E-state index contributed by atoms with van der Waals surface area (Å²) in [7, 11) is 1.36. The fraction of sp³-hybridized carbons (Fsp3) is 0.400. The standard InChI is InChI=1S/C10H13F2NO.ClH/c1-14-10-7(3-2-4-13)5-8(11)6-9(10)12;/h5-6H,2-4,13H2,1H3;1H. The topological polar surface area (TPSA) is 35.2 Å². The lowest BCUT2D eigenvalue weighted by atomic mass is 10.1. The molecule has 0 radical (unpaired) electrons. The molecule has 0 aliphatic carbocycles. The van der Waals surface area contributed by atoms with Crippen LogP contribution in [0.25, 0.3) is 0 Å². The molecule has 0 saturated carbocycles. The minimum absolute atomic E-state index is 0. The molecule has 0 aromatic heterocycles. The van der Waals surface area contributed by atoms with Crippen LogP contribution in [0.15, 0.2) is 12.1 Å². The highest BCUT2D eigenvalue weighted by atomic mass is 35.5. The van der Waals surface area contributed by atoms with Crippen molar-refractivity contribution in [3.8, 4) is 5.75 Å². The zero-order valence-electron chi connectivity index (χ0n) is 8.43. The second-order valence-electron chi connectivity index (χ2n) is 2.97. The molecule has 0 atom stereocenters. The van der Waals surface area contributed by atoms with Gasteiger partial charge in [0.1, 0.15) is 5.82 Å². The van der Waals surface area contributed by atoms with Crippen LogP contribution in [0.4, 0.5) is 8.78 Å². The normalized spacial score (nSPS) is 9.60. The van der Waals surface area contributed by atoms with Crippen LogP contribution in [-0.4, -0.2) is 13.7 Å². The lowest BCUT2D eigenvalue weighted by Crippen LogP contribution is -2.03. The highest BCUT2D eigenvalue weighted by molar-refractivity contribution is 5.85. The first-order valence-corrected chi connectivity index (χ1v) is 4.41. The third kappa shape index (κ3) is 3.64. The van der Waals surface area contributed by atoms with E-state index in [1.807, 2.05) is 0 Å². The quantitative estimate of drug-likeness (QED) is 0.872. The number of aryl methyl sites for hydroxylation is 1. The Balaban J connectivity index is 0.00000196. The van der Waals surface area contributed by atoms with Gasteiger partial charge in [-0.25, -0.2) is 8.78 Å². The summed E-state index contributed by atoms with van der Waals surface area (Å²) < 4.78 is 30.8. The number of methoxy groups -OCH3 is 1. The van der Waals surface area contributed by atoms with Crippen molar-refractivity contribution in [1.29, 1.82) is 0 Å². The predicted molar refractivity (Wildman–Crippen MR) is 57.5 cm³/mol. The maximum absolute atomic E-state index is 13.1. The van der Waals surface area contributed by atoms with Crippen molar-refractivity contribution in [2.75, 3.05) is 13.7 Å². The lowest BCUT2D eigenvalue weighted by Gasteiger charge is -2.08. The van der Waals surface area contributed by atoms with Crippen LogP contribution >= 0.6 is 12.4 Å². The smallest absolute Gasteiger partial charge is 0.168 e. The molecule has 0 aliphatic rings. The molecule has 1 rings (SSSR count). The van der Waals surface area contributed by atoms with Gasteiger partial charge < -0.3 is 10.5 Å². The maximum atomic E-state index is 13.1. The molecular weight excluding hydrogens is 224 g/mol. The summed E-state index contributed by atoms with van der Waals surface area (Å²) in [4.78, 5) is 0. The Morgan fingerprint density at radius 1 is 1.33 bits per heavy atom. The van der Waals surface area contributed by atoms with Gasteiger partial charge in [0.2, 0.25) is 0 Å². The van der Waals surface area contributed by atoms with E-state index in [9.17, 15) is 8.78 Å². The van der Waals surface area contributed by atoms with E-state index in [2.05, 4.69) is 0 Å². The van der Waals surface area contributed by atoms with Gasteiger partial charge in [0.05, 0.1) is 7.11 Å². The molecule has 1 aromatic rings. The zero-order valence-corrected chi connectivity index (χ0v) is 9.24. The van der Waals surface area contributed by atoms with Gasteiger partial charge in [0.25, 0.3) is 0 Å². The molecule has 0 unspecified atom stereocenters. The van der Waals surface area contributed by atoms with Crippen LogP contribution in [0.5, 0.6) is 5.75 Å². The Kier molecular flexibility index (Phi) is 6.20. The van der Waals surface area contributed by atoms with E-state index in [1.54, 1.807) is 0 Å². The number of nitrogens with two attached hydrogens (primary N) is 1. The first-order chi connectivity index (χ1) is 6.69. The van der Waals surface area contributed by atoms with Crippen LogP contribution in [-0.2, 0) is 6.42 Å². The SMILES string of the molecule is COc1c(F)cc(F)cc1CCCN.Cl. The molecule has 0 saturated heterocycles. The van der Waals surface area contributed by atoms with E-state index >= 15 is 0 Å². The van der Waals surface area contributed by atoms with Gasteiger partial charge in [-0.15, -0.1) is 12.4 Å². The first kappa shape index (κ1) is 14.1. The van der Waals surface area contributed by atoms with Gasteiger partial charge in [-0.1, -0.05) is 0 Å². The largest absolute Gasteiger partial charge is 0.493 e. The van der Waals surface area contributed by atoms with E-state index in [-0.39, 0.29) is 18.2 Å². The summed E-state index contributed by atoms with van der Waals surface area (Å²) in [6, 6.07) is 2.09. The van der Waals surface area contributed by atoms with E-state index in [0.29, 0.717) is 24.9 Å². The third-order valence-electron chi connectivity index (χ3n) is 1.94. The van der Waals surface area contributed by atoms with Gasteiger partial charge in [-0.3, -0.25) is 0 Å². The Morgan fingerprint density at radius 3 is 2.53 bits per heavy atom. The molecule has 5 heteroatoms. The number of hydrogen-bond acceptors (Lipinski definition) is 2. The van der Waals surface area contributed by atoms with E-state index in [4.69, 9.17) is 10.5 Å². The summed E-state index contributed by atoms with van der Waals surface area (Å²) in [6.45, 7) is 0.487. The van der Waals surface area contributed by atoms with E-state index in [0.717, 1.165) is 6.07 Å². The third-order valence-corrected chi connectivity index (χ3v) is 1.94. The molecule has 0 spiro atoms. The first-order valence-electron chi connectivity index (χ1n) is 4.41. The Bertz CT molecular complexity index is 321. The fourth-order valence-electron chi connectivity index (χ4n) is 1.32. The molecule has 2 N–H and O–H groups in total. The molecule has 1 aromatic carbocycles. The lowest BCUT2D eigenvalue weighted by molar-refractivity contribution is 0.378. The highest BCUT2D eigenvalue weighted by Crippen LogP contribution is 2.24. The van der Waals surface area contributed by atoms with Gasteiger partial charge in [-0.2, -0.15) is 0 Å². The van der Waals surface area contributed by atoms with Crippen molar-refractivity contribution < 1.29 is 13.5 Å². The molecular formula is C10H14ClF2NO. The number of halogens is 3. The maximum Gasteiger partial charge on any atom is 0.168 e. The van der Waals surface area contributed by atoms with Gasteiger partial charge in [-0.05, 0) is 25.5 Å². The molecule has 0 bridgehead atoms. The van der Waals surface area contributed by atoms with Crippen LogP contribution in [0, 0.1) is 11.6 Å². The minimum Gasteiger partial charge on any atom is -0.493 e. The van der Waals surface area contributed by atoms with Crippen molar-refractivity contribution in [3.63, 3.8) is 0 Å². The number of benzene rings is 1. The van der Waals surface area contributed by atoms with Gasteiger partial charge in [0, 0.05) is 11.6 Å². The fourth-order valence-corrected chi connectivity index (χ4v) is 1.32. The average Bonchev–Trinajstić information content (AvgIpc) is 2.14. The Hall–Kier alpha value is -0.870. The molecule has 0 aliphatic heterocycles. The summed E-state index contributed by atoms with van der Waals surface area (Å²) in [5, 5.41) is 0. The summed E-state index contributed by atoms with van der Waals surface area (Å²) in [5.41, 5.74) is 5.84.